The standard InChI is InChI=1S/C30H41ClN2O10/c1-18-13-22-21-9-8-19-14-20(34)10-11-27(19,2)29(21,31)23(35)15-28(22,3)30(18,39)24(36)17-42-26(38)16-32-25(37)7-5-4-6-12-43-33(40)41/h10-11,14,18,21-23,35,39H,4-9,12-13,15-17H2,1-3H3,(H,32,37)/t18-,21-,22-,23-,27-,28-,29-,30?/m0/s1. The molecular formula is C30H41ClN2O10. The van der Waals surface area contributed by atoms with Crippen LogP contribution in [-0.4, -0.2) is 75.1 Å². The van der Waals surface area contributed by atoms with Crippen LogP contribution in [0.1, 0.15) is 72.1 Å². The van der Waals surface area contributed by atoms with E-state index in [0.29, 0.717) is 38.5 Å². The van der Waals surface area contributed by atoms with E-state index in [1.807, 2.05) is 6.92 Å². The number of nitrogens with zero attached hydrogens (tertiary/aromatic N) is 1. The number of aliphatic hydroxyl groups is 2. The lowest BCUT2D eigenvalue weighted by Crippen LogP contribution is -2.69. The van der Waals surface area contributed by atoms with E-state index in [9.17, 15) is 39.5 Å². The summed E-state index contributed by atoms with van der Waals surface area (Å²) in [6.45, 7) is 4.34. The number of rotatable bonds is 12. The first-order valence-electron chi connectivity index (χ1n) is 14.9. The Balaban J connectivity index is 1.36. The highest BCUT2D eigenvalue weighted by Gasteiger charge is 2.74. The fourth-order valence-electron chi connectivity index (χ4n) is 8.41. The SMILES string of the molecule is C[C@H]1C[C@H]2[C@@H]3CCC4=CC(=O)C=C[C@]4(C)[C@@]3(Cl)[C@@H](O)C[C@]2(C)C1(O)C(=O)COC(=O)CNC(=O)CCCCCO[N+](=O)[O-]. The maximum atomic E-state index is 13.6. The van der Waals surface area contributed by atoms with E-state index in [1.54, 1.807) is 26.0 Å². The molecular weight excluding hydrogens is 584 g/mol. The molecule has 0 aliphatic heterocycles. The zero-order valence-electron chi connectivity index (χ0n) is 24.8. The number of esters is 1. The predicted molar refractivity (Wildman–Crippen MR) is 153 cm³/mol. The summed E-state index contributed by atoms with van der Waals surface area (Å²) in [6, 6.07) is 0. The fraction of sp³-hybridized carbons (Fsp3) is 0.733. The Morgan fingerprint density at radius 2 is 1.93 bits per heavy atom. The molecule has 0 saturated heterocycles. The molecule has 0 aromatic carbocycles. The maximum absolute atomic E-state index is 13.6. The molecule has 3 fully saturated rings. The molecule has 1 unspecified atom stereocenters. The van der Waals surface area contributed by atoms with Crippen LogP contribution in [0.4, 0.5) is 0 Å². The number of halogens is 1. The Hall–Kier alpha value is -2.83. The number of ether oxygens (including phenoxy) is 1. The van der Waals surface area contributed by atoms with E-state index >= 15 is 0 Å². The Labute approximate surface area is 255 Å². The highest BCUT2D eigenvalue weighted by Crippen LogP contribution is 2.71. The molecule has 3 saturated carbocycles. The van der Waals surface area contributed by atoms with Gasteiger partial charge in [0.2, 0.25) is 11.7 Å². The van der Waals surface area contributed by atoms with Gasteiger partial charge >= 0.3 is 5.97 Å². The number of hydrogen-bond donors (Lipinski definition) is 3. The fourth-order valence-corrected chi connectivity index (χ4v) is 8.93. The van der Waals surface area contributed by atoms with Crippen LogP contribution in [-0.2, 0) is 28.8 Å². The number of hydrogen-bond acceptors (Lipinski definition) is 10. The van der Waals surface area contributed by atoms with Crippen molar-refractivity contribution in [3.05, 3.63) is 33.9 Å². The number of aliphatic hydroxyl groups excluding tert-OH is 1. The maximum Gasteiger partial charge on any atom is 0.325 e. The molecule has 0 bridgehead atoms. The molecule has 3 N–H and O–H groups in total. The number of carbonyl (C=O) groups is 4. The first kappa shape index (κ1) is 33.1. The minimum Gasteiger partial charge on any atom is -0.456 e. The van der Waals surface area contributed by atoms with Gasteiger partial charge < -0.3 is 25.1 Å². The predicted octanol–water partition coefficient (Wildman–Crippen LogP) is 2.60. The summed E-state index contributed by atoms with van der Waals surface area (Å²) in [7, 11) is 0. The third-order valence-corrected chi connectivity index (χ3v) is 11.6. The summed E-state index contributed by atoms with van der Waals surface area (Å²) in [5.74, 6) is -2.96. The molecule has 0 heterocycles. The smallest absolute Gasteiger partial charge is 0.325 e. The summed E-state index contributed by atoms with van der Waals surface area (Å²) < 4.78 is 5.15. The summed E-state index contributed by atoms with van der Waals surface area (Å²) in [6.07, 6.45) is 7.06. The lowest BCUT2D eigenvalue weighted by atomic mass is 9.45. The molecule has 43 heavy (non-hydrogen) atoms. The van der Waals surface area contributed by atoms with Gasteiger partial charge in [-0.05, 0) is 68.4 Å². The van der Waals surface area contributed by atoms with Crippen LogP contribution < -0.4 is 5.32 Å². The molecule has 0 aromatic rings. The number of Topliss-reactive ketones (excluding diaryl/α,β-unsaturated/α-hetero) is 1. The van der Waals surface area contributed by atoms with E-state index in [1.165, 1.54) is 6.08 Å². The van der Waals surface area contributed by atoms with Gasteiger partial charge in [0.05, 0.1) is 17.6 Å². The van der Waals surface area contributed by atoms with Gasteiger partial charge in [0, 0.05) is 17.3 Å². The zero-order valence-corrected chi connectivity index (χ0v) is 25.6. The van der Waals surface area contributed by atoms with Gasteiger partial charge in [0.25, 0.3) is 5.09 Å². The summed E-state index contributed by atoms with van der Waals surface area (Å²) in [4.78, 5) is 63.2. The zero-order chi connectivity index (χ0) is 31.8. The number of nitrogens with one attached hydrogen (secondary N) is 1. The second kappa shape index (κ2) is 12.3. The first-order chi connectivity index (χ1) is 20.1. The van der Waals surface area contributed by atoms with Crippen LogP contribution in [0.2, 0.25) is 0 Å². The quantitative estimate of drug-likeness (QED) is 0.0959. The van der Waals surface area contributed by atoms with Crippen molar-refractivity contribution < 1.29 is 44.1 Å². The van der Waals surface area contributed by atoms with Gasteiger partial charge in [0.15, 0.2) is 12.4 Å². The number of allylic oxidation sites excluding steroid dienone is 4. The van der Waals surface area contributed by atoms with Crippen LogP contribution in [0, 0.1) is 38.7 Å². The van der Waals surface area contributed by atoms with Gasteiger partial charge in [-0.3, -0.25) is 19.2 Å². The van der Waals surface area contributed by atoms with E-state index in [2.05, 4.69) is 10.2 Å². The highest BCUT2D eigenvalue weighted by atomic mass is 35.5. The topological polar surface area (TPSA) is 182 Å². The largest absolute Gasteiger partial charge is 0.456 e. The molecule has 4 rings (SSSR count). The number of fused-ring (bicyclic) bond motifs is 5. The molecule has 1 amide bonds. The molecule has 8 atom stereocenters. The van der Waals surface area contributed by atoms with Crippen molar-refractivity contribution in [2.75, 3.05) is 19.8 Å². The van der Waals surface area contributed by atoms with Gasteiger partial charge in [-0.15, -0.1) is 21.7 Å². The average molecular weight is 625 g/mol. The third-order valence-electron chi connectivity index (χ3n) is 10.7. The van der Waals surface area contributed by atoms with E-state index in [4.69, 9.17) is 16.3 Å². The lowest BCUT2D eigenvalue weighted by molar-refractivity contribution is -0.757. The second-order valence-corrected chi connectivity index (χ2v) is 13.5. The van der Waals surface area contributed by atoms with Crippen LogP contribution >= 0.6 is 11.6 Å². The van der Waals surface area contributed by atoms with E-state index < -0.39 is 69.2 Å². The van der Waals surface area contributed by atoms with Crippen LogP contribution in [0.15, 0.2) is 23.8 Å². The third kappa shape index (κ3) is 5.62. The Kier molecular flexibility index (Phi) is 9.44. The van der Waals surface area contributed by atoms with Crippen molar-refractivity contribution in [2.24, 2.45) is 28.6 Å². The molecule has 0 spiro atoms. The molecule has 13 heteroatoms. The summed E-state index contributed by atoms with van der Waals surface area (Å²) >= 11 is 7.41. The Bertz CT molecular complexity index is 1240. The normalized spacial score (nSPS) is 37.8. The van der Waals surface area contributed by atoms with Crippen LogP contribution in [0.5, 0.6) is 0 Å². The minimum absolute atomic E-state index is 0.0523. The Morgan fingerprint density at radius 3 is 2.63 bits per heavy atom. The van der Waals surface area contributed by atoms with E-state index in [-0.39, 0.29) is 37.1 Å². The van der Waals surface area contributed by atoms with Gasteiger partial charge in [-0.1, -0.05) is 38.8 Å². The van der Waals surface area contributed by atoms with Crippen molar-refractivity contribution in [2.45, 2.75) is 88.7 Å². The van der Waals surface area contributed by atoms with Gasteiger partial charge in [0.1, 0.15) is 12.1 Å². The average Bonchev–Trinajstić information content (AvgIpc) is 3.14. The van der Waals surface area contributed by atoms with Gasteiger partial charge in [-0.25, -0.2) is 0 Å². The molecule has 12 nitrogen and oxygen atoms in total. The van der Waals surface area contributed by atoms with Crippen LogP contribution in [0.25, 0.3) is 0 Å². The monoisotopic (exact) mass is 624 g/mol. The van der Waals surface area contributed by atoms with Crippen molar-refractivity contribution in [3.8, 4) is 0 Å². The Morgan fingerprint density at radius 1 is 1.21 bits per heavy atom. The molecule has 4 aliphatic rings. The summed E-state index contributed by atoms with van der Waals surface area (Å²) in [5, 5.41) is 35.4. The van der Waals surface area contributed by atoms with Crippen molar-refractivity contribution in [1.29, 1.82) is 0 Å². The highest BCUT2D eigenvalue weighted by molar-refractivity contribution is 6.26. The number of carbonyl (C=O) groups excluding carboxylic acids is 4. The molecule has 0 radical (unpaired) electrons. The van der Waals surface area contributed by atoms with E-state index in [0.717, 1.165) is 5.57 Å². The lowest BCUT2D eigenvalue weighted by Gasteiger charge is -2.63. The first-order valence-corrected chi connectivity index (χ1v) is 15.3. The van der Waals surface area contributed by atoms with Crippen molar-refractivity contribution >= 4 is 35.0 Å². The van der Waals surface area contributed by atoms with Gasteiger partial charge in [-0.2, -0.15) is 0 Å². The number of alkyl halides is 1. The second-order valence-electron chi connectivity index (χ2n) is 12.9. The molecule has 0 aromatic heterocycles. The molecule has 238 valence electrons. The summed E-state index contributed by atoms with van der Waals surface area (Å²) in [5.41, 5.74) is -2.80. The number of unbranched alkanes of at least 4 members (excludes halogenated alkanes) is 2. The van der Waals surface area contributed by atoms with Crippen molar-refractivity contribution in [1.82, 2.24) is 5.32 Å². The minimum atomic E-state index is -1.88. The number of amides is 1. The van der Waals surface area contributed by atoms with Crippen LogP contribution in [0.3, 0.4) is 0 Å². The van der Waals surface area contributed by atoms with Crippen molar-refractivity contribution in [3.63, 3.8) is 0 Å². The number of ketones is 2. The molecule has 4 aliphatic carbocycles.